The molecular formula is C29H30N6O. The minimum absolute atomic E-state index is 0.108. The van der Waals surface area contributed by atoms with Crippen molar-refractivity contribution >= 4 is 28.4 Å². The molecule has 6 rings (SSSR count). The van der Waals surface area contributed by atoms with Crippen molar-refractivity contribution < 1.29 is 4.79 Å². The monoisotopic (exact) mass is 478 g/mol. The summed E-state index contributed by atoms with van der Waals surface area (Å²) in [6.07, 6.45) is 8.64. The number of aromatic nitrogens is 3. The van der Waals surface area contributed by atoms with Crippen molar-refractivity contribution in [2.24, 2.45) is 5.92 Å². The summed E-state index contributed by atoms with van der Waals surface area (Å²) in [6, 6.07) is 18.4. The van der Waals surface area contributed by atoms with Gasteiger partial charge in [-0.3, -0.25) is 19.7 Å². The Hall–Kier alpha value is -3.84. The van der Waals surface area contributed by atoms with E-state index in [4.69, 9.17) is 4.98 Å². The number of rotatable bonds is 7. The molecule has 0 unspecified atom stereocenters. The third-order valence-corrected chi connectivity index (χ3v) is 7.03. The Labute approximate surface area is 211 Å². The van der Waals surface area contributed by atoms with Crippen molar-refractivity contribution in [3.8, 4) is 11.1 Å². The second kappa shape index (κ2) is 10.0. The van der Waals surface area contributed by atoms with Crippen LogP contribution in [0.3, 0.4) is 0 Å². The zero-order chi connectivity index (χ0) is 24.3. The second-order valence-electron chi connectivity index (χ2n) is 9.83. The van der Waals surface area contributed by atoms with Crippen LogP contribution in [0.1, 0.15) is 24.8 Å². The van der Waals surface area contributed by atoms with Crippen LogP contribution in [-0.4, -0.2) is 51.9 Å². The Balaban J connectivity index is 1.12. The van der Waals surface area contributed by atoms with Gasteiger partial charge in [0.25, 0.3) is 0 Å². The fourth-order valence-electron chi connectivity index (χ4n) is 4.76. The lowest BCUT2D eigenvalue weighted by atomic mass is 10.0. The lowest BCUT2D eigenvalue weighted by Crippen LogP contribution is -2.46. The number of carbonyl (C=O) groups is 1. The van der Waals surface area contributed by atoms with E-state index in [2.05, 4.69) is 43.3 Å². The Kier molecular flexibility index (Phi) is 6.30. The molecule has 1 aliphatic heterocycles. The van der Waals surface area contributed by atoms with Crippen LogP contribution in [0.5, 0.6) is 0 Å². The molecule has 2 aromatic carbocycles. The predicted octanol–water partition coefficient (Wildman–Crippen LogP) is 4.75. The molecular weight excluding hydrogens is 448 g/mol. The van der Waals surface area contributed by atoms with E-state index < -0.39 is 0 Å². The molecule has 0 spiro atoms. The van der Waals surface area contributed by atoms with Crippen LogP contribution < -0.4 is 10.2 Å². The lowest BCUT2D eigenvalue weighted by molar-refractivity contribution is -0.116. The molecule has 7 heteroatoms. The Morgan fingerprint density at radius 3 is 2.47 bits per heavy atom. The molecule has 2 aromatic heterocycles. The van der Waals surface area contributed by atoms with E-state index in [1.165, 1.54) is 18.4 Å². The maximum Gasteiger partial charge on any atom is 0.224 e. The number of anilines is 2. The fraction of sp³-hybridized carbons (Fsp3) is 0.310. The zero-order valence-electron chi connectivity index (χ0n) is 20.3. The number of amides is 1. The van der Waals surface area contributed by atoms with Crippen LogP contribution in [0.2, 0.25) is 0 Å². The highest BCUT2D eigenvalue weighted by Gasteiger charge is 2.24. The highest BCUT2D eigenvalue weighted by Crippen LogP contribution is 2.32. The first-order chi connectivity index (χ1) is 17.7. The average Bonchev–Trinajstić information content (AvgIpc) is 3.73. The molecule has 0 radical (unpaired) electrons. The van der Waals surface area contributed by atoms with Crippen molar-refractivity contribution in [2.75, 3.05) is 36.4 Å². The summed E-state index contributed by atoms with van der Waals surface area (Å²) in [5, 5.41) is 3.01. The molecule has 1 saturated heterocycles. The molecule has 182 valence electrons. The first kappa shape index (κ1) is 22.6. The summed E-state index contributed by atoms with van der Waals surface area (Å²) in [5.74, 6) is 1.62. The predicted molar refractivity (Wildman–Crippen MR) is 143 cm³/mol. The summed E-state index contributed by atoms with van der Waals surface area (Å²) in [7, 11) is 0. The van der Waals surface area contributed by atoms with Gasteiger partial charge in [0.2, 0.25) is 5.91 Å². The van der Waals surface area contributed by atoms with Crippen LogP contribution >= 0.6 is 0 Å². The Bertz CT molecular complexity index is 1350. The van der Waals surface area contributed by atoms with E-state index in [9.17, 15) is 4.79 Å². The molecule has 1 saturated carbocycles. The van der Waals surface area contributed by atoms with Gasteiger partial charge in [0, 0.05) is 57.2 Å². The van der Waals surface area contributed by atoms with Crippen LogP contribution in [-0.2, 0) is 11.3 Å². The van der Waals surface area contributed by atoms with Crippen LogP contribution in [0, 0.1) is 5.92 Å². The largest absolute Gasteiger partial charge is 0.353 e. The maximum atomic E-state index is 12.1. The number of carbonyl (C=O) groups excluding carboxylic acids is 1. The van der Waals surface area contributed by atoms with Gasteiger partial charge in [-0.15, -0.1) is 0 Å². The Morgan fingerprint density at radius 1 is 0.917 bits per heavy atom. The minimum atomic E-state index is 0.108. The van der Waals surface area contributed by atoms with E-state index >= 15 is 0 Å². The first-order valence-electron chi connectivity index (χ1n) is 12.7. The number of fused-ring (bicyclic) bond motifs is 1. The summed E-state index contributed by atoms with van der Waals surface area (Å²) >= 11 is 0. The van der Waals surface area contributed by atoms with Crippen LogP contribution in [0.15, 0.2) is 73.2 Å². The zero-order valence-corrected chi connectivity index (χ0v) is 20.3. The summed E-state index contributed by atoms with van der Waals surface area (Å²) in [5.41, 5.74) is 6.05. The molecule has 0 bridgehead atoms. The molecule has 1 amide bonds. The molecule has 36 heavy (non-hydrogen) atoms. The number of piperazine rings is 1. The van der Waals surface area contributed by atoms with Gasteiger partial charge in [0.1, 0.15) is 5.82 Å². The number of hydrogen-bond acceptors (Lipinski definition) is 6. The first-order valence-corrected chi connectivity index (χ1v) is 12.7. The average molecular weight is 479 g/mol. The molecule has 4 aromatic rings. The van der Waals surface area contributed by atoms with E-state index in [0.717, 1.165) is 66.4 Å². The molecule has 3 heterocycles. The maximum absolute atomic E-state index is 12.1. The van der Waals surface area contributed by atoms with Gasteiger partial charge in [0.15, 0.2) is 0 Å². The van der Waals surface area contributed by atoms with Crippen molar-refractivity contribution in [1.29, 1.82) is 0 Å². The fourth-order valence-corrected chi connectivity index (χ4v) is 4.76. The highest BCUT2D eigenvalue weighted by molar-refractivity contribution is 5.91. The number of nitrogens with one attached hydrogen (secondary N) is 1. The summed E-state index contributed by atoms with van der Waals surface area (Å²) in [6.45, 7) is 4.75. The second-order valence-corrected chi connectivity index (χ2v) is 9.83. The quantitative estimate of drug-likeness (QED) is 0.413. The van der Waals surface area contributed by atoms with Gasteiger partial charge in [-0.05, 0) is 65.8 Å². The van der Waals surface area contributed by atoms with Gasteiger partial charge in [-0.2, -0.15) is 0 Å². The topological polar surface area (TPSA) is 74.2 Å². The molecule has 1 N–H and O–H groups in total. The third-order valence-electron chi connectivity index (χ3n) is 7.03. The lowest BCUT2D eigenvalue weighted by Gasteiger charge is -2.35. The smallest absolute Gasteiger partial charge is 0.224 e. The van der Waals surface area contributed by atoms with E-state index in [1.54, 1.807) is 0 Å². The normalized spacial score (nSPS) is 16.3. The van der Waals surface area contributed by atoms with Crippen LogP contribution in [0.4, 0.5) is 11.5 Å². The number of benzene rings is 2. The molecule has 2 fully saturated rings. The number of nitrogens with zero attached hydrogens (tertiary/aromatic N) is 5. The van der Waals surface area contributed by atoms with E-state index in [1.807, 2.05) is 55.0 Å². The van der Waals surface area contributed by atoms with E-state index in [-0.39, 0.29) is 5.91 Å². The van der Waals surface area contributed by atoms with E-state index in [0.29, 0.717) is 12.3 Å². The van der Waals surface area contributed by atoms with Crippen molar-refractivity contribution in [3.05, 3.63) is 78.8 Å². The number of pyridine rings is 1. The Morgan fingerprint density at radius 2 is 1.72 bits per heavy atom. The standard InChI is InChI=1S/C29H30N6O/c36-29(16-21-3-4-21)32-25-8-5-23(6-9-25)24-7-10-26-27(17-24)33-28(19-31-26)35-14-12-34(13-15-35)20-22-2-1-11-30-18-22/h1-2,5-11,17-19,21H,3-4,12-16,20H2,(H,32,36). The third kappa shape index (κ3) is 5.36. The van der Waals surface area contributed by atoms with Crippen molar-refractivity contribution in [3.63, 3.8) is 0 Å². The van der Waals surface area contributed by atoms with Gasteiger partial charge in [-0.1, -0.05) is 24.3 Å². The minimum Gasteiger partial charge on any atom is -0.353 e. The molecule has 7 nitrogen and oxygen atoms in total. The summed E-state index contributed by atoms with van der Waals surface area (Å²) in [4.78, 5) is 30.7. The van der Waals surface area contributed by atoms with Crippen molar-refractivity contribution in [1.82, 2.24) is 19.9 Å². The molecule has 1 aliphatic carbocycles. The highest BCUT2D eigenvalue weighted by atomic mass is 16.1. The van der Waals surface area contributed by atoms with Gasteiger partial charge in [-0.25, -0.2) is 4.98 Å². The van der Waals surface area contributed by atoms with Gasteiger partial charge >= 0.3 is 0 Å². The summed E-state index contributed by atoms with van der Waals surface area (Å²) < 4.78 is 0. The molecule has 2 aliphatic rings. The molecule has 0 atom stereocenters. The van der Waals surface area contributed by atoms with Gasteiger partial charge < -0.3 is 10.2 Å². The number of hydrogen-bond donors (Lipinski definition) is 1. The van der Waals surface area contributed by atoms with Gasteiger partial charge in [0.05, 0.1) is 17.2 Å². The SMILES string of the molecule is O=C(CC1CC1)Nc1ccc(-c2ccc3ncc(N4CCN(Cc5cccnc5)CC4)nc3c2)cc1. The van der Waals surface area contributed by atoms with Crippen molar-refractivity contribution in [2.45, 2.75) is 25.8 Å². The van der Waals surface area contributed by atoms with Crippen LogP contribution in [0.25, 0.3) is 22.2 Å².